The molecule has 1 unspecified atom stereocenters. The third kappa shape index (κ3) is 2.55. The van der Waals surface area contributed by atoms with Crippen LogP contribution in [-0.2, 0) is 11.2 Å². The van der Waals surface area contributed by atoms with E-state index in [1.54, 1.807) is 12.1 Å². The van der Waals surface area contributed by atoms with Gasteiger partial charge in [0.2, 0.25) is 5.70 Å². The SMILES string of the molecule is [C-]#[N+]C1=CCC(N2CCc3c(ccc(F)c3F)C2CC)=CC1=O. The van der Waals surface area contributed by atoms with Gasteiger partial charge in [0, 0.05) is 12.2 Å². The Bertz CT molecular complexity index is 774. The molecule has 23 heavy (non-hydrogen) atoms. The van der Waals surface area contributed by atoms with E-state index in [0.29, 0.717) is 24.9 Å². The molecule has 3 nitrogen and oxygen atoms in total. The van der Waals surface area contributed by atoms with E-state index in [4.69, 9.17) is 6.57 Å². The van der Waals surface area contributed by atoms with E-state index in [-0.39, 0.29) is 17.5 Å². The standard InChI is InChI=1S/C18H16F2N2O/c1-3-16-12-5-6-14(19)18(20)13(12)8-9-22(16)11-4-7-15(21-2)17(23)10-11/h5-7,10,16H,3-4,8-9H2,1H3. The monoisotopic (exact) mass is 314 g/mol. The first-order valence-corrected chi connectivity index (χ1v) is 7.62. The van der Waals surface area contributed by atoms with E-state index >= 15 is 0 Å². The van der Waals surface area contributed by atoms with Gasteiger partial charge in [0.15, 0.2) is 17.4 Å². The molecule has 0 N–H and O–H groups in total. The number of hydrogen-bond acceptors (Lipinski definition) is 2. The smallest absolute Gasteiger partial charge is 0.229 e. The van der Waals surface area contributed by atoms with E-state index in [1.807, 2.05) is 6.92 Å². The zero-order valence-electron chi connectivity index (χ0n) is 12.8. The minimum atomic E-state index is -0.816. The summed E-state index contributed by atoms with van der Waals surface area (Å²) >= 11 is 0. The average molecular weight is 314 g/mol. The van der Waals surface area contributed by atoms with Crippen LogP contribution < -0.4 is 0 Å². The third-order valence-electron chi connectivity index (χ3n) is 4.50. The van der Waals surface area contributed by atoms with Gasteiger partial charge in [-0.1, -0.05) is 19.1 Å². The number of hydrogen-bond donors (Lipinski definition) is 0. The molecule has 0 radical (unpaired) electrons. The molecule has 0 bridgehead atoms. The average Bonchev–Trinajstić information content (AvgIpc) is 2.57. The van der Waals surface area contributed by atoms with Crippen LogP contribution in [0.3, 0.4) is 0 Å². The Balaban J connectivity index is 1.96. The van der Waals surface area contributed by atoms with Crippen molar-refractivity contribution in [2.75, 3.05) is 6.54 Å². The lowest BCUT2D eigenvalue weighted by molar-refractivity contribution is -0.111. The van der Waals surface area contributed by atoms with Crippen LogP contribution in [0.4, 0.5) is 8.78 Å². The van der Waals surface area contributed by atoms with Crippen molar-refractivity contribution in [3.8, 4) is 0 Å². The minimum absolute atomic E-state index is 0.0872. The lowest BCUT2D eigenvalue weighted by Gasteiger charge is -2.40. The molecule has 1 aromatic rings. The summed E-state index contributed by atoms with van der Waals surface area (Å²) in [6.45, 7) is 9.49. The molecule has 3 rings (SSSR count). The second-order valence-corrected chi connectivity index (χ2v) is 5.70. The van der Waals surface area contributed by atoms with Crippen molar-refractivity contribution in [1.82, 2.24) is 4.90 Å². The number of benzene rings is 1. The number of nitrogens with zero attached hydrogens (tertiary/aromatic N) is 2. The van der Waals surface area contributed by atoms with Gasteiger partial charge in [-0.25, -0.2) is 13.6 Å². The van der Waals surface area contributed by atoms with Crippen LogP contribution >= 0.6 is 0 Å². The van der Waals surface area contributed by atoms with Crippen LogP contribution in [0.2, 0.25) is 0 Å². The highest BCUT2D eigenvalue weighted by Gasteiger charge is 2.31. The fourth-order valence-corrected chi connectivity index (χ4v) is 3.40. The van der Waals surface area contributed by atoms with E-state index < -0.39 is 11.6 Å². The van der Waals surface area contributed by atoms with Gasteiger partial charge in [-0.2, -0.15) is 0 Å². The topological polar surface area (TPSA) is 24.7 Å². The van der Waals surface area contributed by atoms with Gasteiger partial charge in [-0.15, -0.1) is 0 Å². The molecule has 1 atom stereocenters. The molecular formula is C18H16F2N2O. The highest BCUT2D eigenvalue weighted by Crippen LogP contribution is 2.38. The van der Waals surface area contributed by atoms with Crippen molar-refractivity contribution in [2.24, 2.45) is 0 Å². The zero-order valence-corrected chi connectivity index (χ0v) is 12.8. The van der Waals surface area contributed by atoms with Crippen LogP contribution in [0, 0.1) is 18.2 Å². The van der Waals surface area contributed by atoms with Gasteiger partial charge in [0.1, 0.15) is 0 Å². The van der Waals surface area contributed by atoms with Crippen LogP contribution in [-0.4, -0.2) is 17.2 Å². The molecule has 0 saturated heterocycles. The molecule has 0 amide bonds. The maximum absolute atomic E-state index is 14.0. The summed E-state index contributed by atoms with van der Waals surface area (Å²) in [4.78, 5) is 17.2. The predicted molar refractivity (Wildman–Crippen MR) is 82.2 cm³/mol. The van der Waals surface area contributed by atoms with Crippen molar-refractivity contribution in [2.45, 2.75) is 32.2 Å². The van der Waals surface area contributed by atoms with E-state index in [9.17, 15) is 13.6 Å². The second kappa shape index (κ2) is 5.96. The Kier molecular flexibility index (Phi) is 3.99. The van der Waals surface area contributed by atoms with E-state index in [2.05, 4.69) is 9.74 Å². The highest BCUT2D eigenvalue weighted by atomic mass is 19.2. The molecule has 0 aromatic heterocycles. The van der Waals surface area contributed by atoms with Crippen LogP contribution in [0.5, 0.6) is 0 Å². The molecule has 0 spiro atoms. The number of carbonyl (C=O) groups is 1. The van der Waals surface area contributed by atoms with E-state index in [1.165, 1.54) is 6.08 Å². The largest absolute Gasteiger partial charge is 0.367 e. The molecule has 2 aliphatic rings. The summed E-state index contributed by atoms with van der Waals surface area (Å²) in [6, 6.07) is 2.72. The minimum Gasteiger partial charge on any atom is -0.367 e. The van der Waals surface area contributed by atoms with Crippen molar-refractivity contribution in [1.29, 1.82) is 0 Å². The Morgan fingerprint density at radius 2 is 2.17 bits per heavy atom. The van der Waals surface area contributed by atoms with Gasteiger partial charge in [-0.05, 0) is 42.5 Å². The maximum Gasteiger partial charge on any atom is 0.229 e. The fraction of sp³-hybridized carbons (Fsp3) is 0.333. The van der Waals surface area contributed by atoms with Crippen molar-refractivity contribution >= 4 is 5.78 Å². The first kappa shape index (κ1) is 15.4. The first-order chi connectivity index (χ1) is 11.1. The molecule has 118 valence electrons. The molecule has 1 heterocycles. The highest BCUT2D eigenvalue weighted by molar-refractivity contribution is 6.06. The number of ketones is 1. The quantitative estimate of drug-likeness (QED) is 0.773. The van der Waals surface area contributed by atoms with Crippen LogP contribution in [0.15, 0.2) is 35.7 Å². The lowest BCUT2D eigenvalue weighted by Crippen LogP contribution is -2.36. The Labute approximate surface area is 133 Å². The Hall–Kier alpha value is -2.48. The molecule has 5 heteroatoms. The second-order valence-electron chi connectivity index (χ2n) is 5.70. The molecule has 0 fully saturated rings. The summed E-state index contributed by atoms with van der Waals surface area (Å²) in [5, 5.41) is 0. The number of allylic oxidation sites excluding steroid dienone is 2. The van der Waals surface area contributed by atoms with Crippen molar-refractivity contribution < 1.29 is 13.6 Å². The number of fused-ring (bicyclic) bond motifs is 1. The summed E-state index contributed by atoms with van der Waals surface area (Å²) in [5.74, 6) is -1.86. The van der Waals surface area contributed by atoms with E-state index in [0.717, 1.165) is 23.7 Å². The molecular weight excluding hydrogens is 298 g/mol. The van der Waals surface area contributed by atoms with Crippen molar-refractivity contribution in [3.63, 3.8) is 0 Å². The van der Waals surface area contributed by atoms with Gasteiger partial charge in [0.05, 0.1) is 12.6 Å². The molecule has 1 aliphatic carbocycles. The van der Waals surface area contributed by atoms with Crippen LogP contribution in [0.1, 0.15) is 36.9 Å². The summed E-state index contributed by atoms with van der Waals surface area (Å²) in [6.07, 6.45) is 4.78. The number of halogens is 2. The van der Waals surface area contributed by atoms with Gasteiger partial charge >= 0.3 is 0 Å². The molecule has 1 aliphatic heterocycles. The summed E-state index contributed by atoms with van der Waals surface area (Å²) < 4.78 is 27.5. The zero-order chi connectivity index (χ0) is 16.6. The lowest BCUT2D eigenvalue weighted by atomic mass is 9.89. The molecule has 1 aromatic carbocycles. The number of rotatable bonds is 2. The maximum atomic E-state index is 14.0. The van der Waals surface area contributed by atoms with Gasteiger partial charge < -0.3 is 9.69 Å². The Morgan fingerprint density at radius 3 is 2.83 bits per heavy atom. The third-order valence-corrected chi connectivity index (χ3v) is 4.50. The Morgan fingerprint density at radius 1 is 1.39 bits per heavy atom. The first-order valence-electron chi connectivity index (χ1n) is 7.62. The normalized spacial score (nSPS) is 20.5. The fourth-order valence-electron chi connectivity index (χ4n) is 3.40. The van der Waals surface area contributed by atoms with Gasteiger partial charge in [-0.3, -0.25) is 0 Å². The number of carbonyl (C=O) groups excluding carboxylic acids is 1. The van der Waals surface area contributed by atoms with Crippen molar-refractivity contribution in [3.05, 3.63) is 69.9 Å². The predicted octanol–water partition coefficient (Wildman–Crippen LogP) is 3.93. The van der Waals surface area contributed by atoms with Gasteiger partial charge in [0.25, 0.3) is 0 Å². The molecule has 0 saturated carbocycles. The van der Waals surface area contributed by atoms with Crippen LogP contribution in [0.25, 0.3) is 4.85 Å². The summed E-state index contributed by atoms with van der Waals surface area (Å²) in [5.41, 5.74) is 2.20. The summed E-state index contributed by atoms with van der Waals surface area (Å²) in [7, 11) is 0.